The molecule has 0 amide bonds. The van der Waals surface area contributed by atoms with Crippen molar-refractivity contribution in [2.75, 3.05) is 13.1 Å². The van der Waals surface area contributed by atoms with E-state index in [1.165, 1.54) is 5.56 Å². The van der Waals surface area contributed by atoms with Gasteiger partial charge < -0.3 is 10.1 Å². The van der Waals surface area contributed by atoms with Gasteiger partial charge >= 0.3 is 0 Å². The van der Waals surface area contributed by atoms with Gasteiger partial charge in [0.2, 0.25) is 0 Å². The lowest BCUT2D eigenvalue weighted by molar-refractivity contribution is 0.00745. The standard InChI is InChI=1S/C10H14N2O/c1-8-2-9(4-11-3-8)7-13-10-5-12-6-10/h2-4,10,12H,5-7H2,1H3. The van der Waals surface area contributed by atoms with Gasteiger partial charge in [0.1, 0.15) is 0 Å². The second-order valence-corrected chi connectivity index (χ2v) is 3.46. The lowest BCUT2D eigenvalue weighted by Crippen LogP contribution is -2.48. The summed E-state index contributed by atoms with van der Waals surface area (Å²) in [4.78, 5) is 4.11. The van der Waals surface area contributed by atoms with Crippen molar-refractivity contribution < 1.29 is 4.74 Å². The Labute approximate surface area is 78.1 Å². The van der Waals surface area contributed by atoms with Crippen molar-refractivity contribution in [2.45, 2.75) is 19.6 Å². The summed E-state index contributed by atoms with van der Waals surface area (Å²) < 4.78 is 5.62. The van der Waals surface area contributed by atoms with E-state index in [2.05, 4.69) is 16.4 Å². The monoisotopic (exact) mass is 178 g/mol. The Bertz CT molecular complexity index is 284. The molecule has 0 unspecified atom stereocenters. The number of aryl methyl sites for hydroxylation is 1. The van der Waals surface area contributed by atoms with E-state index in [4.69, 9.17) is 4.74 Å². The van der Waals surface area contributed by atoms with Crippen LogP contribution in [-0.4, -0.2) is 24.2 Å². The summed E-state index contributed by atoms with van der Waals surface area (Å²) >= 11 is 0. The average molecular weight is 178 g/mol. The molecule has 0 aliphatic carbocycles. The first-order valence-electron chi connectivity index (χ1n) is 4.57. The number of aromatic nitrogens is 1. The number of nitrogens with one attached hydrogen (secondary N) is 1. The number of pyridine rings is 1. The SMILES string of the molecule is Cc1cncc(COC2CNC2)c1. The van der Waals surface area contributed by atoms with Crippen LogP contribution < -0.4 is 5.32 Å². The molecule has 0 aromatic carbocycles. The zero-order valence-electron chi connectivity index (χ0n) is 7.79. The third-order valence-electron chi connectivity index (χ3n) is 2.16. The first kappa shape index (κ1) is 8.66. The molecule has 1 saturated heterocycles. The molecule has 2 rings (SSSR count). The lowest BCUT2D eigenvalue weighted by atomic mass is 10.2. The minimum absolute atomic E-state index is 0.403. The van der Waals surface area contributed by atoms with Crippen molar-refractivity contribution in [3.63, 3.8) is 0 Å². The van der Waals surface area contributed by atoms with Crippen molar-refractivity contribution >= 4 is 0 Å². The predicted molar refractivity (Wildman–Crippen MR) is 50.4 cm³/mol. The van der Waals surface area contributed by atoms with Crippen LogP contribution in [0.5, 0.6) is 0 Å². The molecule has 1 aromatic heterocycles. The largest absolute Gasteiger partial charge is 0.371 e. The molecule has 0 atom stereocenters. The number of nitrogens with zero attached hydrogens (tertiary/aromatic N) is 1. The minimum atomic E-state index is 0.403. The fourth-order valence-electron chi connectivity index (χ4n) is 1.29. The molecule has 0 radical (unpaired) electrons. The summed E-state index contributed by atoms with van der Waals surface area (Å²) in [5.41, 5.74) is 2.35. The van der Waals surface area contributed by atoms with E-state index in [1.807, 2.05) is 19.3 Å². The van der Waals surface area contributed by atoms with Crippen LogP contribution in [0.3, 0.4) is 0 Å². The number of ether oxygens (including phenoxy) is 1. The summed E-state index contributed by atoms with van der Waals surface area (Å²) in [6, 6.07) is 2.11. The highest BCUT2D eigenvalue weighted by Crippen LogP contribution is 2.06. The third-order valence-corrected chi connectivity index (χ3v) is 2.16. The van der Waals surface area contributed by atoms with Crippen LogP contribution in [0.1, 0.15) is 11.1 Å². The molecule has 2 heterocycles. The zero-order valence-corrected chi connectivity index (χ0v) is 7.79. The van der Waals surface area contributed by atoms with E-state index >= 15 is 0 Å². The molecule has 13 heavy (non-hydrogen) atoms. The summed E-state index contributed by atoms with van der Waals surface area (Å²) in [5.74, 6) is 0. The minimum Gasteiger partial charge on any atom is -0.371 e. The van der Waals surface area contributed by atoms with E-state index < -0.39 is 0 Å². The van der Waals surface area contributed by atoms with Crippen LogP contribution in [0.4, 0.5) is 0 Å². The number of rotatable bonds is 3. The van der Waals surface area contributed by atoms with E-state index in [0.29, 0.717) is 12.7 Å². The van der Waals surface area contributed by atoms with Gasteiger partial charge in [-0.15, -0.1) is 0 Å². The molecular weight excluding hydrogens is 164 g/mol. The van der Waals surface area contributed by atoms with Crippen LogP contribution >= 0.6 is 0 Å². The molecule has 3 heteroatoms. The molecule has 1 fully saturated rings. The fourth-order valence-corrected chi connectivity index (χ4v) is 1.29. The highest BCUT2D eigenvalue weighted by Gasteiger charge is 2.16. The van der Waals surface area contributed by atoms with Gasteiger partial charge in [-0.2, -0.15) is 0 Å². The van der Waals surface area contributed by atoms with Crippen LogP contribution in [0.15, 0.2) is 18.5 Å². The molecule has 70 valence electrons. The van der Waals surface area contributed by atoms with Crippen molar-refractivity contribution in [3.05, 3.63) is 29.6 Å². The van der Waals surface area contributed by atoms with E-state index in [1.54, 1.807) is 0 Å². The van der Waals surface area contributed by atoms with Gasteiger partial charge in [-0.05, 0) is 18.1 Å². The van der Waals surface area contributed by atoms with Gasteiger partial charge in [0.25, 0.3) is 0 Å². The summed E-state index contributed by atoms with van der Waals surface area (Å²) in [6.07, 6.45) is 4.12. The van der Waals surface area contributed by atoms with Gasteiger partial charge in [0, 0.05) is 25.5 Å². The van der Waals surface area contributed by atoms with Gasteiger partial charge in [0.15, 0.2) is 0 Å². The Morgan fingerprint density at radius 2 is 2.38 bits per heavy atom. The molecular formula is C10H14N2O. The Morgan fingerprint density at radius 3 is 3.00 bits per heavy atom. The Kier molecular flexibility index (Phi) is 2.57. The van der Waals surface area contributed by atoms with Gasteiger partial charge in [-0.1, -0.05) is 6.07 Å². The highest BCUT2D eigenvalue weighted by atomic mass is 16.5. The predicted octanol–water partition coefficient (Wildman–Crippen LogP) is 0.878. The maximum Gasteiger partial charge on any atom is 0.0828 e. The third kappa shape index (κ3) is 2.26. The summed E-state index contributed by atoms with van der Waals surface area (Å²) in [6.45, 7) is 4.70. The van der Waals surface area contributed by atoms with Gasteiger partial charge in [-0.3, -0.25) is 4.98 Å². The lowest BCUT2D eigenvalue weighted by Gasteiger charge is -2.27. The van der Waals surface area contributed by atoms with Crippen LogP contribution in [0.2, 0.25) is 0 Å². The Morgan fingerprint density at radius 1 is 1.54 bits per heavy atom. The first-order valence-corrected chi connectivity index (χ1v) is 4.57. The molecule has 1 aliphatic heterocycles. The van der Waals surface area contributed by atoms with Crippen molar-refractivity contribution in [1.82, 2.24) is 10.3 Å². The second-order valence-electron chi connectivity index (χ2n) is 3.46. The highest BCUT2D eigenvalue weighted by molar-refractivity contribution is 5.15. The van der Waals surface area contributed by atoms with Crippen LogP contribution in [-0.2, 0) is 11.3 Å². The van der Waals surface area contributed by atoms with E-state index in [9.17, 15) is 0 Å². The molecule has 0 saturated carbocycles. The van der Waals surface area contributed by atoms with Gasteiger partial charge in [-0.25, -0.2) is 0 Å². The molecule has 1 aliphatic rings. The molecule has 1 aromatic rings. The van der Waals surface area contributed by atoms with E-state index in [0.717, 1.165) is 18.7 Å². The topological polar surface area (TPSA) is 34.1 Å². The Hall–Kier alpha value is -0.930. The smallest absolute Gasteiger partial charge is 0.0828 e. The molecule has 1 N–H and O–H groups in total. The number of hydrogen-bond donors (Lipinski definition) is 1. The van der Waals surface area contributed by atoms with E-state index in [-0.39, 0.29) is 0 Å². The number of hydrogen-bond acceptors (Lipinski definition) is 3. The quantitative estimate of drug-likeness (QED) is 0.746. The second kappa shape index (κ2) is 3.85. The van der Waals surface area contributed by atoms with Gasteiger partial charge in [0.05, 0.1) is 12.7 Å². The maximum absolute atomic E-state index is 5.62. The van der Waals surface area contributed by atoms with Crippen LogP contribution in [0, 0.1) is 6.92 Å². The molecule has 3 nitrogen and oxygen atoms in total. The fraction of sp³-hybridized carbons (Fsp3) is 0.500. The van der Waals surface area contributed by atoms with Crippen molar-refractivity contribution in [3.8, 4) is 0 Å². The van der Waals surface area contributed by atoms with Crippen molar-refractivity contribution in [2.24, 2.45) is 0 Å². The molecule has 0 spiro atoms. The average Bonchev–Trinajstić information content (AvgIpc) is 2.01. The summed E-state index contributed by atoms with van der Waals surface area (Å²) in [5, 5.41) is 3.17. The normalized spacial score (nSPS) is 17.0. The van der Waals surface area contributed by atoms with Crippen molar-refractivity contribution in [1.29, 1.82) is 0 Å². The molecule has 0 bridgehead atoms. The zero-order chi connectivity index (χ0) is 9.10. The first-order chi connectivity index (χ1) is 6.34. The van der Waals surface area contributed by atoms with Crippen LogP contribution in [0.25, 0.3) is 0 Å². The summed E-state index contributed by atoms with van der Waals surface area (Å²) in [7, 11) is 0. The maximum atomic E-state index is 5.62. The Balaban J connectivity index is 1.86.